The number of nitrogens with one attached hydrogen (secondary N) is 2. The molecule has 0 aliphatic rings. The van der Waals surface area contributed by atoms with Crippen molar-refractivity contribution in [2.75, 3.05) is 12.4 Å². The van der Waals surface area contributed by atoms with E-state index in [2.05, 4.69) is 15.6 Å². The van der Waals surface area contributed by atoms with Crippen molar-refractivity contribution in [3.63, 3.8) is 0 Å². The Morgan fingerprint density at radius 2 is 2.07 bits per heavy atom. The molecule has 76 valence electrons. The lowest BCUT2D eigenvalue weighted by Crippen LogP contribution is -2.20. The van der Waals surface area contributed by atoms with Crippen LogP contribution in [0.15, 0.2) is 0 Å². The first-order valence-electron chi connectivity index (χ1n) is 4.01. The van der Waals surface area contributed by atoms with Gasteiger partial charge in [-0.15, -0.1) is 11.3 Å². The van der Waals surface area contributed by atoms with Gasteiger partial charge in [0.1, 0.15) is 5.00 Å². The molecule has 0 radical (unpaired) electrons. The number of amides is 2. The Balaban J connectivity index is 3.02. The van der Waals surface area contributed by atoms with Crippen molar-refractivity contribution in [3.05, 3.63) is 10.7 Å². The molecule has 0 fully saturated rings. The highest BCUT2D eigenvalue weighted by Crippen LogP contribution is 2.23. The first-order chi connectivity index (χ1) is 6.54. The summed E-state index contributed by atoms with van der Waals surface area (Å²) >= 11 is 1.28. The highest BCUT2D eigenvalue weighted by atomic mass is 32.1. The molecule has 5 nitrogen and oxygen atoms in total. The molecule has 14 heavy (non-hydrogen) atoms. The standard InChI is InChI=1S/C8H11N3O2S/c1-4(12)10-8-6(7(13)9-3)11-5(2)14-8/h1-3H3,(H,9,13)(H,10,12). The van der Waals surface area contributed by atoms with E-state index in [4.69, 9.17) is 0 Å². The topological polar surface area (TPSA) is 71.1 Å². The monoisotopic (exact) mass is 213 g/mol. The molecule has 6 heteroatoms. The van der Waals surface area contributed by atoms with E-state index >= 15 is 0 Å². The zero-order valence-corrected chi connectivity index (χ0v) is 8.99. The van der Waals surface area contributed by atoms with Crippen molar-refractivity contribution in [3.8, 4) is 0 Å². The summed E-state index contributed by atoms with van der Waals surface area (Å²) < 4.78 is 0. The lowest BCUT2D eigenvalue weighted by molar-refractivity contribution is -0.114. The molecular weight excluding hydrogens is 202 g/mol. The van der Waals surface area contributed by atoms with Crippen molar-refractivity contribution in [2.45, 2.75) is 13.8 Å². The van der Waals surface area contributed by atoms with Crippen LogP contribution in [0.1, 0.15) is 22.4 Å². The van der Waals surface area contributed by atoms with Gasteiger partial charge in [0.25, 0.3) is 5.91 Å². The number of hydrogen-bond acceptors (Lipinski definition) is 4. The SMILES string of the molecule is CNC(=O)c1nc(C)sc1NC(C)=O. The van der Waals surface area contributed by atoms with Gasteiger partial charge in [-0.25, -0.2) is 4.98 Å². The predicted octanol–water partition coefficient (Wildman–Crippen LogP) is 0.770. The number of carbonyl (C=O) groups is 2. The maximum Gasteiger partial charge on any atom is 0.272 e. The van der Waals surface area contributed by atoms with Gasteiger partial charge in [-0.3, -0.25) is 9.59 Å². The number of rotatable bonds is 2. The van der Waals surface area contributed by atoms with E-state index in [9.17, 15) is 9.59 Å². The average Bonchev–Trinajstić information content (AvgIpc) is 2.44. The van der Waals surface area contributed by atoms with Gasteiger partial charge in [-0.05, 0) is 6.92 Å². The molecular formula is C8H11N3O2S. The molecule has 1 rings (SSSR count). The van der Waals surface area contributed by atoms with Gasteiger partial charge in [0, 0.05) is 14.0 Å². The number of anilines is 1. The van der Waals surface area contributed by atoms with E-state index in [1.807, 2.05) is 0 Å². The zero-order valence-electron chi connectivity index (χ0n) is 8.17. The van der Waals surface area contributed by atoms with E-state index in [1.54, 1.807) is 6.92 Å². The minimum Gasteiger partial charge on any atom is -0.354 e. The maximum atomic E-state index is 11.3. The fraction of sp³-hybridized carbons (Fsp3) is 0.375. The lowest BCUT2D eigenvalue weighted by atomic mass is 10.4. The summed E-state index contributed by atoms with van der Waals surface area (Å²) in [5.41, 5.74) is 0.269. The fourth-order valence-electron chi connectivity index (χ4n) is 0.944. The van der Waals surface area contributed by atoms with E-state index < -0.39 is 0 Å². The molecule has 2 amide bonds. The highest BCUT2D eigenvalue weighted by molar-refractivity contribution is 7.16. The molecule has 1 heterocycles. The van der Waals surface area contributed by atoms with Gasteiger partial charge in [0.05, 0.1) is 5.01 Å². The molecule has 1 aromatic rings. The van der Waals surface area contributed by atoms with Crippen LogP contribution in [-0.2, 0) is 4.79 Å². The average molecular weight is 213 g/mol. The minimum atomic E-state index is -0.293. The van der Waals surface area contributed by atoms with Gasteiger partial charge in [0.15, 0.2) is 5.69 Å². The van der Waals surface area contributed by atoms with Crippen LogP contribution in [0.25, 0.3) is 0 Å². The fourth-order valence-corrected chi connectivity index (χ4v) is 1.81. The zero-order chi connectivity index (χ0) is 10.7. The predicted molar refractivity (Wildman–Crippen MR) is 54.5 cm³/mol. The molecule has 0 saturated heterocycles. The quantitative estimate of drug-likeness (QED) is 0.762. The first kappa shape index (κ1) is 10.6. The summed E-state index contributed by atoms with van der Waals surface area (Å²) in [6.45, 7) is 3.17. The summed E-state index contributed by atoms with van der Waals surface area (Å²) in [7, 11) is 1.52. The third kappa shape index (κ3) is 2.29. The summed E-state index contributed by atoms with van der Waals surface area (Å²) in [6.07, 6.45) is 0. The van der Waals surface area contributed by atoms with Crippen molar-refractivity contribution in [1.29, 1.82) is 0 Å². The second kappa shape index (κ2) is 4.19. The van der Waals surface area contributed by atoms with E-state index in [0.29, 0.717) is 5.00 Å². The molecule has 0 aliphatic carbocycles. The van der Waals surface area contributed by atoms with Crippen LogP contribution in [0.5, 0.6) is 0 Å². The van der Waals surface area contributed by atoms with Gasteiger partial charge in [-0.2, -0.15) is 0 Å². The maximum absolute atomic E-state index is 11.3. The van der Waals surface area contributed by atoms with Crippen LogP contribution in [0, 0.1) is 6.92 Å². The Hall–Kier alpha value is -1.43. The van der Waals surface area contributed by atoms with Crippen LogP contribution >= 0.6 is 11.3 Å². The number of aromatic nitrogens is 1. The van der Waals surface area contributed by atoms with Crippen molar-refractivity contribution in [2.24, 2.45) is 0 Å². The number of aryl methyl sites for hydroxylation is 1. The van der Waals surface area contributed by atoms with Gasteiger partial charge in [0.2, 0.25) is 5.91 Å². The van der Waals surface area contributed by atoms with E-state index in [0.717, 1.165) is 5.01 Å². The Labute approximate surface area is 85.5 Å². The summed E-state index contributed by atoms with van der Waals surface area (Å²) in [5.74, 6) is -0.503. The number of carbonyl (C=O) groups excluding carboxylic acids is 2. The van der Waals surface area contributed by atoms with Crippen LogP contribution in [0.2, 0.25) is 0 Å². The second-order valence-corrected chi connectivity index (χ2v) is 3.87. The minimum absolute atomic E-state index is 0.209. The second-order valence-electron chi connectivity index (χ2n) is 2.67. The smallest absolute Gasteiger partial charge is 0.272 e. The normalized spacial score (nSPS) is 9.64. The molecule has 0 aliphatic heterocycles. The van der Waals surface area contributed by atoms with E-state index in [-0.39, 0.29) is 17.5 Å². The summed E-state index contributed by atoms with van der Waals surface area (Å²) in [5, 5.41) is 6.27. The van der Waals surface area contributed by atoms with Gasteiger partial charge >= 0.3 is 0 Å². The molecule has 0 unspecified atom stereocenters. The van der Waals surface area contributed by atoms with Crippen LogP contribution in [-0.4, -0.2) is 23.8 Å². The number of thiazole rings is 1. The summed E-state index contributed by atoms with van der Waals surface area (Å²) in [6, 6.07) is 0. The Bertz CT molecular complexity index is 373. The molecule has 1 aromatic heterocycles. The molecule has 2 N–H and O–H groups in total. The van der Waals surface area contributed by atoms with E-state index in [1.165, 1.54) is 25.3 Å². The Morgan fingerprint density at radius 1 is 1.43 bits per heavy atom. The number of hydrogen-bond donors (Lipinski definition) is 2. The summed E-state index contributed by atoms with van der Waals surface area (Å²) in [4.78, 5) is 26.2. The highest BCUT2D eigenvalue weighted by Gasteiger charge is 2.16. The third-order valence-electron chi connectivity index (χ3n) is 1.47. The van der Waals surface area contributed by atoms with Crippen molar-refractivity contribution < 1.29 is 9.59 Å². The molecule has 0 aromatic carbocycles. The third-order valence-corrected chi connectivity index (χ3v) is 2.35. The number of nitrogens with zero attached hydrogens (tertiary/aromatic N) is 1. The van der Waals surface area contributed by atoms with Crippen LogP contribution in [0.4, 0.5) is 5.00 Å². The van der Waals surface area contributed by atoms with Crippen LogP contribution < -0.4 is 10.6 Å². The van der Waals surface area contributed by atoms with Crippen LogP contribution in [0.3, 0.4) is 0 Å². The largest absolute Gasteiger partial charge is 0.354 e. The van der Waals surface area contributed by atoms with Gasteiger partial charge < -0.3 is 10.6 Å². The lowest BCUT2D eigenvalue weighted by Gasteiger charge is -2.00. The Kier molecular flexibility index (Phi) is 3.19. The Morgan fingerprint density at radius 3 is 2.57 bits per heavy atom. The van der Waals surface area contributed by atoms with Gasteiger partial charge in [-0.1, -0.05) is 0 Å². The van der Waals surface area contributed by atoms with Crippen molar-refractivity contribution in [1.82, 2.24) is 10.3 Å². The molecule has 0 saturated carbocycles. The molecule has 0 spiro atoms. The van der Waals surface area contributed by atoms with Crippen molar-refractivity contribution >= 4 is 28.2 Å². The first-order valence-corrected chi connectivity index (χ1v) is 4.83. The molecule has 0 bridgehead atoms. The molecule has 0 atom stereocenters.